The summed E-state index contributed by atoms with van der Waals surface area (Å²) in [5, 5.41) is 6.53. The molecule has 0 radical (unpaired) electrons. The van der Waals surface area contributed by atoms with Crippen LogP contribution in [0.5, 0.6) is 5.75 Å². The summed E-state index contributed by atoms with van der Waals surface area (Å²) in [4.78, 5) is 19.1. The summed E-state index contributed by atoms with van der Waals surface area (Å²) in [6.07, 6.45) is 4.94. The van der Waals surface area contributed by atoms with Gasteiger partial charge >= 0.3 is 0 Å². The van der Waals surface area contributed by atoms with Gasteiger partial charge in [0.05, 0.1) is 6.54 Å². The molecule has 6 heteroatoms. The first-order valence-corrected chi connectivity index (χ1v) is 10.2. The fourth-order valence-corrected chi connectivity index (χ4v) is 3.79. The molecule has 2 N–H and O–H groups in total. The van der Waals surface area contributed by atoms with Crippen LogP contribution in [0.1, 0.15) is 45.1 Å². The lowest BCUT2D eigenvalue weighted by Crippen LogP contribution is -2.44. The molecule has 0 bridgehead atoms. The predicted octanol–water partition coefficient (Wildman–Crippen LogP) is 2.34. The highest BCUT2D eigenvalue weighted by atomic mass is 16.5. The number of carbonyl (C=O) groups is 1. The van der Waals surface area contributed by atoms with E-state index >= 15 is 0 Å². The second-order valence-electron chi connectivity index (χ2n) is 7.38. The molecule has 0 aromatic heterocycles. The number of carbonyl (C=O) groups excluding carboxylic acids is 1. The second-order valence-corrected chi connectivity index (χ2v) is 7.38. The van der Waals surface area contributed by atoms with Crippen LogP contribution in [0.4, 0.5) is 0 Å². The van der Waals surface area contributed by atoms with Crippen LogP contribution in [0.3, 0.4) is 0 Å². The number of piperidine rings is 1. The number of aliphatic imine (C=N–C) groups is 1. The lowest BCUT2D eigenvalue weighted by Gasteiger charge is -2.33. The number of nitrogens with zero attached hydrogens (tertiary/aromatic N) is 2. The predicted molar refractivity (Wildman–Crippen MR) is 108 cm³/mol. The number of ether oxygens (including phenoxy) is 1. The van der Waals surface area contributed by atoms with Crippen LogP contribution in [-0.2, 0) is 11.2 Å². The molecule has 1 aromatic carbocycles. The highest BCUT2D eigenvalue weighted by molar-refractivity contribution is 5.81. The number of nitrogens with one attached hydrogen (secondary N) is 2. The Kier molecular flexibility index (Phi) is 6.96. The fraction of sp³-hybridized carbons (Fsp3) is 0.619. The van der Waals surface area contributed by atoms with Gasteiger partial charge in [0.2, 0.25) is 5.91 Å². The minimum absolute atomic E-state index is 0.0775. The molecule has 1 fully saturated rings. The van der Waals surface area contributed by atoms with Crippen LogP contribution in [0, 0.1) is 0 Å². The molecule has 0 aliphatic carbocycles. The van der Waals surface area contributed by atoms with E-state index in [1.54, 1.807) is 0 Å². The first-order valence-electron chi connectivity index (χ1n) is 10.2. The Bertz CT molecular complexity index is 636. The van der Waals surface area contributed by atoms with E-state index in [1.807, 2.05) is 30.0 Å². The van der Waals surface area contributed by atoms with Crippen LogP contribution in [0.2, 0.25) is 0 Å². The fourth-order valence-electron chi connectivity index (χ4n) is 3.79. The molecule has 3 rings (SSSR count). The molecule has 1 aromatic rings. The van der Waals surface area contributed by atoms with Crippen molar-refractivity contribution in [3.8, 4) is 5.75 Å². The van der Waals surface area contributed by atoms with E-state index in [4.69, 9.17) is 4.74 Å². The smallest absolute Gasteiger partial charge is 0.224 e. The number of likely N-dealkylation sites (tertiary alicyclic amines) is 1. The molecule has 1 amide bonds. The first kappa shape index (κ1) is 19.5. The summed E-state index contributed by atoms with van der Waals surface area (Å²) in [6, 6.07) is 8.52. The van der Waals surface area contributed by atoms with E-state index in [2.05, 4.69) is 28.6 Å². The maximum absolute atomic E-state index is 12.4. The standard InChI is InChI=1S/C21H32N4O2/c1-3-22-21(23-12-11-20(26)25-13-7-6-8-16(25)2)24-15-18-14-17-9-4-5-10-19(17)27-18/h4-5,9-10,16,18H,3,6-8,11-15H2,1-2H3,(H2,22,23,24). The molecular formula is C21H32N4O2. The van der Waals surface area contributed by atoms with Gasteiger partial charge in [0.25, 0.3) is 0 Å². The minimum Gasteiger partial charge on any atom is -0.488 e. The monoisotopic (exact) mass is 372 g/mol. The Morgan fingerprint density at radius 1 is 1.30 bits per heavy atom. The Labute approximate surface area is 162 Å². The van der Waals surface area contributed by atoms with Crippen molar-refractivity contribution in [1.29, 1.82) is 0 Å². The van der Waals surface area contributed by atoms with Crippen molar-refractivity contribution in [2.75, 3.05) is 26.2 Å². The maximum Gasteiger partial charge on any atom is 0.224 e. The number of fused-ring (bicyclic) bond motifs is 1. The summed E-state index contributed by atoms with van der Waals surface area (Å²) < 4.78 is 5.95. The van der Waals surface area contributed by atoms with Gasteiger partial charge in [-0.2, -0.15) is 0 Å². The number of benzene rings is 1. The number of hydrogen-bond acceptors (Lipinski definition) is 3. The van der Waals surface area contributed by atoms with E-state index in [1.165, 1.54) is 12.0 Å². The zero-order valence-corrected chi connectivity index (χ0v) is 16.5. The van der Waals surface area contributed by atoms with Crippen molar-refractivity contribution in [2.45, 2.75) is 58.1 Å². The van der Waals surface area contributed by atoms with Crippen LogP contribution in [-0.4, -0.2) is 55.1 Å². The zero-order chi connectivity index (χ0) is 19.1. The largest absolute Gasteiger partial charge is 0.488 e. The topological polar surface area (TPSA) is 66.0 Å². The Morgan fingerprint density at radius 2 is 2.15 bits per heavy atom. The van der Waals surface area contributed by atoms with Gasteiger partial charge in [0.1, 0.15) is 11.9 Å². The summed E-state index contributed by atoms with van der Waals surface area (Å²) in [6.45, 7) is 7.07. The molecule has 148 valence electrons. The van der Waals surface area contributed by atoms with E-state index < -0.39 is 0 Å². The molecule has 2 heterocycles. The van der Waals surface area contributed by atoms with Crippen molar-refractivity contribution in [2.24, 2.45) is 4.99 Å². The SMILES string of the molecule is CCNC(=NCC1Cc2ccccc2O1)NCCC(=O)N1CCCCC1C. The third-order valence-corrected chi connectivity index (χ3v) is 5.27. The van der Waals surface area contributed by atoms with Gasteiger partial charge in [-0.25, -0.2) is 4.99 Å². The normalized spacial score (nSPS) is 22.1. The molecule has 0 saturated carbocycles. The molecule has 2 atom stereocenters. The molecule has 6 nitrogen and oxygen atoms in total. The van der Waals surface area contributed by atoms with E-state index in [0.29, 0.717) is 25.6 Å². The van der Waals surface area contributed by atoms with Gasteiger partial charge in [-0.3, -0.25) is 4.79 Å². The molecule has 2 aliphatic heterocycles. The Hall–Kier alpha value is -2.24. The van der Waals surface area contributed by atoms with Gasteiger partial charge < -0.3 is 20.3 Å². The summed E-state index contributed by atoms with van der Waals surface area (Å²) in [7, 11) is 0. The Balaban J connectivity index is 1.45. The molecular weight excluding hydrogens is 340 g/mol. The van der Waals surface area contributed by atoms with Gasteiger partial charge in [-0.05, 0) is 44.7 Å². The lowest BCUT2D eigenvalue weighted by molar-refractivity contribution is -0.134. The molecule has 1 saturated heterocycles. The number of guanidine groups is 1. The third-order valence-electron chi connectivity index (χ3n) is 5.27. The number of rotatable bonds is 6. The number of hydrogen-bond donors (Lipinski definition) is 2. The number of amides is 1. The average molecular weight is 373 g/mol. The molecule has 2 unspecified atom stereocenters. The molecule has 2 aliphatic rings. The summed E-state index contributed by atoms with van der Waals surface area (Å²) >= 11 is 0. The van der Waals surface area contributed by atoms with Crippen molar-refractivity contribution < 1.29 is 9.53 Å². The quantitative estimate of drug-likeness (QED) is 0.594. The maximum atomic E-state index is 12.4. The summed E-state index contributed by atoms with van der Waals surface area (Å²) in [5.41, 5.74) is 1.25. The van der Waals surface area contributed by atoms with Crippen LogP contribution in [0.15, 0.2) is 29.3 Å². The van der Waals surface area contributed by atoms with Crippen LogP contribution >= 0.6 is 0 Å². The number of para-hydroxylation sites is 1. The van der Waals surface area contributed by atoms with Crippen molar-refractivity contribution in [1.82, 2.24) is 15.5 Å². The van der Waals surface area contributed by atoms with Crippen LogP contribution < -0.4 is 15.4 Å². The van der Waals surface area contributed by atoms with Gasteiger partial charge in [0.15, 0.2) is 5.96 Å². The minimum atomic E-state index is 0.0775. The van der Waals surface area contributed by atoms with E-state index in [0.717, 1.165) is 44.1 Å². The van der Waals surface area contributed by atoms with E-state index in [9.17, 15) is 4.79 Å². The molecule has 0 spiro atoms. The van der Waals surface area contributed by atoms with Gasteiger partial charge in [-0.15, -0.1) is 0 Å². The zero-order valence-electron chi connectivity index (χ0n) is 16.5. The highest BCUT2D eigenvalue weighted by Gasteiger charge is 2.23. The van der Waals surface area contributed by atoms with E-state index in [-0.39, 0.29) is 12.0 Å². The average Bonchev–Trinajstić information content (AvgIpc) is 3.09. The third kappa shape index (κ3) is 5.37. The lowest BCUT2D eigenvalue weighted by atomic mass is 10.0. The first-order chi connectivity index (χ1) is 13.2. The van der Waals surface area contributed by atoms with Crippen molar-refractivity contribution in [3.63, 3.8) is 0 Å². The molecule has 27 heavy (non-hydrogen) atoms. The van der Waals surface area contributed by atoms with Gasteiger partial charge in [0, 0.05) is 38.5 Å². The second kappa shape index (κ2) is 9.62. The van der Waals surface area contributed by atoms with Crippen LogP contribution in [0.25, 0.3) is 0 Å². The summed E-state index contributed by atoms with van der Waals surface area (Å²) in [5.74, 6) is 1.95. The highest BCUT2D eigenvalue weighted by Crippen LogP contribution is 2.28. The Morgan fingerprint density at radius 3 is 2.93 bits per heavy atom. The van der Waals surface area contributed by atoms with Crippen molar-refractivity contribution >= 4 is 11.9 Å². The van der Waals surface area contributed by atoms with Crippen molar-refractivity contribution in [3.05, 3.63) is 29.8 Å². The van der Waals surface area contributed by atoms with Gasteiger partial charge in [-0.1, -0.05) is 18.2 Å².